The maximum absolute atomic E-state index is 12.5. The molecule has 0 spiro atoms. The maximum atomic E-state index is 12.5. The fourth-order valence-corrected chi connectivity index (χ4v) is 8.58. The van der Waals surface area contributed by atoms with E-state index in [-0.39, 0.29) is 46.3 Å². The van der Waals surface area contributed by atoms with Crippen LogP contribution in [0.4, 0.5) is 0 Å². The number of aromatic hydroxyl groups is 1. The fourth-order valence-electron chi connectivity index (χ4n) is 8.58. The lowest BCUT2D eigenvalue weighted by atomic mass is 9.79. The average Bonchev–Trinajstić information content (AvgIpc) is 3.70. The van der Waals surface area contributed by atoms with E-state index in [0.29, 0.717) is 28.2 Å². The first-order chi connectivity index (χ1) is 32.6. The molecule has 4 nitrogen and oxygen atoms in total. The second-order valence-electron chi connectivity index (χ2n) is 20.4. The molecule has 324 valence electrons. The molecule has 4 heteroatoms. The minimum absolute atomic E-state index is 0.0350. The summed E-state index contributed by atoms with van der Waals surface area (Å²) in [4.78, 5) is 10.5. The van der Waals surface area contributed by atoms with Gasteiger partial charge in [-0.1, -0.05) is 171 Å². The van der Waals surface area contributed by atoms with Crippen LogP contribution in [0.15, 0.2) is 170 Å². The van der Waals surface area contributed by atoms with Crippen molar-refractivity contribution in [2.75, 3.05) is 0 Å². The minimum atomic E-state index is -0.577. The number of hydrogen-bond donors (Lipinski definition) is 1. The van der Waals surface area contributed by atoms with Crippen LogP contribution in [0.1, 0.15) is 90.1 Å². The number of imidazole rings is 1. The Balaban J connectivity index is 1.32. The van der Waals surface area contributed by atoms with Crippen LogP contribution < -0.4 is 0 Å². The quantitative estimate of drug-likeness (QED) is 0.174. The van der Waals surface area contributed by atoms with Crippen molar-refractivity contribution in [2.45, 2.75) is 85.5 Å². The standard InChI is InChI=1S/C61H59N3O/c1-39-30-44(40-18-13-11-14-19-40)35-50(31-39)64-55-23-17-22-51(56(55)63-58(64)52-37-49(60(5,6)7)38-53(57(52)65)61(8,9)10)46-32-45(41-20-15-12-16-21-41)33-47(34-46)54-36-43(28-29-62-54)42-24-26-48(27-25-42)59(2,3)4/h11-38,65H,1-10H3/i24D,25D,26D,27D. The van der Waals surface area contributed by atoms with Gasteiger partial charge in [-0.15, -0.1) is 0 Å². The number of para-hydroxylation sites is 1. The molecule has 0 aliphatic carbocycles. The number of benzene rings is 7. The highest BCUT2D eigenvalue weighted by Gasteiger charge is 2.29. The summed E-state index contributed by atoms with van der Waals surface area (Å²) in [5, 5.41) is 12.5. The number of phenolic OH excluding ortho intramolecular Hbond substituents is 1. The summed E-state index contributed by atoms with van der Waals surface area (Å²) < 4.78 is 38.3. The third-order valence-corrected chi connectivity index (χ3v) is 12.2. The molecular formula is C61H59N3O. The Morgan fingerprint density at radius 3 is 1.74 bits per heavy atom. The van der Waals surface area contributed by atoms with Gasteiger partial charge in [0, 0.05) is 28.6 Å². The third-order valence-electron chi connectivity index (χ3n) is 12.2. The number of hydrogen-bond acceptors (Lipinski definition) is 3. The summed E-state index contributed by atoms with van der Waals surface area (Å²) >= 11 is 0. The van der Waals surface area contributed by atoms with Crippen LogP contribution in [-0.2, 0) is 16.2 Å². The van der Waals surface area contributed by atoms with Gasteiger partial charge in [-0.25, -0.2) is 4.98 Å². The van der Waals surface area contributed by atoms with E-state index < -0.39 is 5.41 Å². The molecule has 0 unspecified atom stereocenters. The van der Waals surface area contributed by atoms with Crippen molar-refractivity contribution in [1.82, 2.24) is 14.5 Å². The molecule has 7 aromatic carbocycles. The Morgan fingerprint density at radius 1 is 0.492 bits per heavy atom. The molecule has 0 saturated carbocycles. The highest BCUT2D eigenvalue weighted by atomic mass is 16.3. The molecule has 0 aliphatic rings. The molecule has 1 N–H and O–H groups in total. The van der Waals surface area contributed by atoms with E-state index in [2.05, 4.69) is 156 Å². The molecule has 0 bridgehead atoms. The van der Waals surface area contributed by atoms with Crippen molar-refractivity contribution in [2.24, 2.45) is 0 Å². The van der Waals surface area contributed by atoms with Crippen molar-refractivity contribution in [3.8, 4) is 78.6 Å². The van der Waals surface area contributed by atoms with E-state index >= 15 is 0 Å². The van der Waals surface area contributed by atoms with Crippen molar-refractivity contribution in [3.63, 3.8) is 0 Å². The summed E-state index contributed by atoms with van der Waals surface area (Å²) in [5.41, 5.74) is 13.6. The van der Waals surface area contributed by atoms with Crippen molar-refractivity contribution in [1.29, 1.82) is 0 Å². The van der Waals surface area contributed by atoms with Gasteiger partial charge in [-0.05, 0) is 133 Å². The molecule has 2 aromatic heterocycles. The fraction of sp³-hybridized carbons (Fsp3) is 0.213. The molecular weight excluding hydrogens is 791 g/mol. The predicted octanol–water partition coefficient (Wildman–Crippen LogP) is 16.3. The highest BCUT2D eigenvalue weighted by molar-refractivity contribution is 5.98. The summed E-state index contributed by atoms with van der Waals surface area (Å²) in [6.07, 6.45) is 1.67. The van der Waals surface area contributed by atoms with Crippen LogP contribution in [0.25, 0.3) is 83.9 Å². The van der Waals surface area contributed by atoms with E-state index in [1.807, 2.05) is 51.1 Å². The molecule has 65 heavy (non-hydrogen) atoms. The summed E-state index contributed by atoms with van der Waals surface area (Å²) in [5.74, 6) is 0.834. The molecule has 0 amide bonds. The number of fused-ring (bicyclic) bond motifs is 1. The van der Waals surface area contributed by atoms with Crippen LogP contribution in [0, 0.1) is 6.92 Å². The van der Waals surface area contributed by atoms with Gasteiger partial charge >= 0.3 is 0 Å². The first kappa shape index (κ1) is 38.4. The summed E-state index contributed by atoms with van der Waals surface area (Å²) in [7, 11) is 0. The van der Waals surface area contributed by atoms with E-state index in [0.717, 1.165) is 72.4 Å². The normalized spacial score (nSPS) is 13.1. The Morgan fingerprint density at radius 2 is 1.11 bits per heavy atom. The summed E-state index contributed by atoms with van der Waals surface area (Å²) in [6, 6.07) is 47.5. The molecule has 0 aliphatic heterocycles. The Kier molecular flexibility index (Phi) is 9.76. The highest BCUT2D eigenvalue weighted by Crippen LogP contribution is 2.45. The first-order valence-electron chi connectivity index (χ1n) is 24.5. The van der Waals surface area contributed by atoms with Crippen LogP contribution >= 0.6 is 0 Å². The van der Waals surface area contributed by atoms with Gasteiger partial charge < -0.3 is 5.11 Å². The van der Waals surface area contributed by atoms with Gasteiger partial charge in [0.05, 0.1) is 27.8 Å². The van der Waals surface area contributed by atoms with Gasteiger partial charge in [-0.2, -0.15) is 0 Å². The monoisotopic (exact) mass is 853 g/mol. The molecule has 2 heterocycles. The lowest BCUT2D eigenvalue weighted by Gasteiger charge is -2.27. The smallest absolute Gasteiger partial charge is 0.149 e. The Hall–Kier alpha value is -7.04. The number of aromatic nitrogens is 3. The average molecular weight is 854 g/mol. The van der Waals surface area contributed by atoms with Crippen molar-refractivity contribution in [3.05, 3.63) is 192 Å². The topological polar surface area (TPSA) is 50.9 Å². The van der Waals surface area contributed by atoms with Crippen LogP contribution in [0.5, 0.6) is 5.75 Å². The summed E-state index contributed by atoms with van der Waals surface area (Å²) in [6.45, 7) is 20.8. The number of aryl methyl sites for hydroxylation is 1. The lowest BCUT2D eigenvalue weighted by molar-refractivity contribution is 0.446. The van der Waals surface area contributed by atoms with E-state index in [1.165, 1.54) is 0 Å². The molecule has 0 atom stereocenters. The number of phenols is 1. The Bertz CT molecular complexity index is 3420. The van der Waals surface area contributed by atoms with Crippen molar-refractivity contribution < 1.29 is 10.6 Å². The van der Waals surface area contributed by atoms with Gasteiger partial charge in [0.1, 0.15) is 11.6 Å². The van der Waals surface area contributed by atoms with Gasteiger partial charge in [-0.3, -0.25) is 9.55 Å². The second-order valence-corrected chi connectivity index (χ2v) is 20.4. The number of nitrogens with zero attached hydrogens (tertiary/aromatic N) is 3. The van der Waals surface area contributed by atoms with Gasteiger partial charge in [0.15, 0.2) is 0 Å². The number of rotatable bonds is 7. The SMILES string of the molecule is [2H]c1c([2H])c(C(C)(C)C)c([2H])c([2H])c1-c1ccnc(-c2cc(-c3ccccc3)cc(-c3cccc4c3nc(-c3cc(C(C)(C)C)cc(C(C)(C)C)c3O)n4-c3cc(C)cc(-c4ccccc4)c3)c2)c1. The molecule has 9 aromatic rings. The molecule has 9 rings (SSSR count). The van der Waals surface area contributed by atoms with Crippen LogP contribution in [0.2, 0.25) is 0 Å². The molecule has 0 fully saturated rings. The second kappa shape index (κ2) is 16.5. The zero-order valence-electron chi connectivity index (χ0n) is 43.1. The zero-order chi connectivity index (χ0) is 49.3. The molecule has 0 radical (unpaired) electrons. The number of pyridine rings is 1. The molecule has 0 saturated heterocycles. The van der Waals surface area contributed by atoms with Gasteiger partial charge in [0.2, 0.25) is 0 Å². The first-order valence-corrected chi connectivity index (χ1v) is 22.5. The van der Waals surface area contributed by atoms with Gasteiger partial charge in [0.25, 0.3) is 0 Å². The predicted molar refractivity (Wildman–Crippen MR) is 274 cm³/mol. The minimum Gasteiger partial charge on any atom is -0.507 e. The zero-order valence-corrected chi connectivity index (χ0v) is 39.1. The van der Waals surface area contributed by atoms with Crippen LogP contribution in [-0.4, -0.2) is 19.6 Å². The Labute approximate surface area is 391 Å². The maximum Gasteiger partial charge on any atom is 0.149 e. The largest absolute Gasteiger partial charge is 0.507 e. The third kappa shape index (κ3) is 8.66. The lowest BCUT2D eigenvalue weighted by Crippen LogP contribution is -2.17. The van der Waals surface area contributed by atoms with Crippen LogP contribution in [0.3, 0.4) is 0 Å². The van der Waals surface area contributed by atoms with E-state index in [1.54, 1.807) is 12.3 Å². The van der Waals surface area contributed by atoms with E-state index in [9.17, 15) is 5.11 Å². The van der Waals surface area contributed by atoms with E-state index in [4.69, 9.17) is 15.5 Å². The van der Waals surface area contributed by atoms with Crippen molar-refractivity contribution >= 4 is 11.0 Å².